The Morgan fingerprint density at radius 1 is 1.14 bits per heavy atom. The van der Waals surface area contributed by atoms with Crippen LogP contribution >= 0.6 is 11.6 Å². The van der Waals surface area contributed by atoms with Crippen LogP contribution in [0.2, 0.25) is 5.02 Å². The molecule has 1 heterocycles. The van der Waals surface area contributed by atoms with Crippen molar-refractivity contribution in [3.63, 3.8) is 0 Å². The Labute approximate surface area is 132 Å². The summed E-state index contributed by atoms with van der Waals surface area (Å²) in [5.74, 6) is -0.0362. The van der Waals surface area contributed by atoms with E-state index in [1.165, 1.54) is 0 Å². The number of aryl methyl sites for hydroxylation is 1. The molecule has 0 unspecified atom stereocenters. The van der Waals surface area contributed by atoms with E-state index in [2.05, 4.69) is 16.0 Å². The smallest absolute Gasteiger partial charge is 0.323 e. The molecule has 0 bridgehead atoms. The molecule has 22 heavy (non-hydrogen) atoms. The minimum Gasteiger partial charge on any atom is -0.325 e. The largest absolute Gasteiger partial charge is 0.325 e. The van der Waals surface area contributed by atoms with Crippen molar-refractivity contribution >= 4 is 40.6 Å². The van der Waals surface area contributed by atoms with Gasteiger partial charge in [-0.25, -0.2) is 4.79 Å². The monoisotopic (exact) mass is 315 g/mol. The molecular formula is C16H14ClN3O2. The lowest BCUT2D eigenvalue weighted by Crippen LogP contribution is -2.19. The summed E-state index contributed by atoms with van der Waals surface area (Å²) in [5.41, 5.74) is 3.84. The van der Waals surface area contributed by atoms with Crippen molar-refractivity contribution in [3.05, 3.63) is 52.5 Å². The summed E-state index contributed by atoms with van der Waals surface area (Å²) < 4.78 is 0. The van der Waals surface area contributed by atoms with Gasteiger partial charge in [0, 0.05) is 22.1 Å². The number of benzene rings is 2. The molecule has 1 aliphatic rings. The Morgan fingerprint density at radius 3 is 2.55 bits per heavy atom. The van der Waals surface area contributed by atoms with Crippen molar-refractivity contribution in [1.29, 1.82) is 0 Å². The van der Waals surface area contributed by atoms with Crippen molar-refractivity contribution in [1.82, 2.24) is 0 Å². The molecule has 0 fully saturated rings. The zero-order chi connectivity index (χ0) is 15.7. The van der Waals surface area contributed by atoms with Crippen LogP contribution in [0, 0.1) is 6.92 Å². The molecule has 0 saturated carbocycles. The molecule has 3 amide bonds. The number of nitrogens with one attached hydrogen (secondary N) is 3. The van der Waals surface area contributed by atoms with Crippen molar-refractivity contribution < 1.29 is 9.59 Å². The molecule has 6 heteroatoms. The van der Waals surface area contributed by atoms with Crippen molar-refractivity contribution in [2.45, 2.75) is 13.3 Å². The fourth-order valence-corrected chi connectivity index (χ4v) is 2.44. The Balaban J connectivity index is 1.68. The van der Waals surface area contributed by atoms with Crippen LogP contribution in [0.4, 0.5) is 21.9 Å². The van der Waals surface area contributed by atoms with Crippen LogP contribution in [0.3, 0.4) is 0 Å². The normalized spacial score (nSPS) is 12.5. The Bertz CT molecular complexity index is 774. The molecule has 3 N–H and O–H groups in total. The Morgan fingerprint density at radius 2 is 1.82 bits per heavy atom. The molecule has 0 spiro atoms. The van der Waals surface area contributed by atoms with Gasteiger partial charge in [0.25, 0.3) is 0 Å². The SMILES string of the molecule is Cc1ccc(NC(=O)Nc2ccc3c(c2)NC(=O)C3)cc1Cl. The Hall–Kier alpha value is -2.53. The van der Waals surface area contributed by atoms with Gasteiger partial charge in [0.2, 0.25) is 5.91 Å². The molecule has 5 nitrogen and oxygen atoms in total. The van der Waals surface area contributed by atoms with E-state index < -0.39 is 0 Å². The first kappa shape index (κ1) is 14.4. The summed E-state index contributed by atoms with van der Waals surface area (Å²) in [4.78, 5) is 23.3. The van der Waals surface area contributed by atoms with Crippen LogP contribution in [-0.4, -0.2) is 11.9 Å². The first-order valence-electron chi connectivity index (χ1n) is 6.78. The fraction of sp³-hybridized carbons (Fsp3) is 0.125. The number of halogens is 1. The molecule has 3 rings (SSSR count). The van der Waals surface area contributed by atoms with E-state index in [9.17, 15) is 9.59 Å². The third-order valence-electron chi connectivity index (χ3n) is 3.42. The lowest BCUT2D eigenvalue weighted by atomic mass is 10.1. The topological polar surface area (TPSA) is 70.2 Å². The summed E-state index contributed by atoms with van der Waals surface area (Å²) in [7, 11) is 0. The second-order valence-corrected chi connectivity index (χ2v) is 5.55. The molecule has 0 aliphatic carbocycles. The standard InChI is InChI=1S/C16H14ClN3O2/c1-9-2-4-11(7-13(9)17)18-16(22)19-12-5-3-10-6-15(21)20-14(10)8-12/h2-5,7-8H,6H2,1H3,(H,20,21)(H2,18,19,22). The van der Waals surface area contributed by atoms with Crippen molar-refractivity contribution in [2.75, 3.05) is 16.0 Å². The number of amides is 3. The third kappa shape index (κ3) is 3.04. The van der Waals surface area contributed by atoms with Crippen LogP contribution in [0.15, 0.2) is 36.4 Å². The highest BCUT2D eigenvalue weighted by molar-refractivity contribution is 6.31. The number of fused-ring (bicyclic) bond motifs is 1. The van der Waals surface area contributed by atoms with Gasteiger partial charge in [-0.3, -0.25) is 4.79 Å². The summed E-state index contributed by atoms with van der Waals surface area (Å²) in [6.07, 6.45) is 0.379. The molecular weight excluding hydrogens is 302 g/mol. The van der Waals surface area contributed by atoms with Gasteiger partial charge < -0.3 is 16.0 Å². The lowest BCUT2D eigenvalue weighted by Gasteiger charge is -2.09. The maximum absolute atomic E-state index is 12.0. The second-order valence-electron chi connectivity index (χ2n) is 5.14. The van der Waals surface area contributed by atoms with Crippen LogP contribution < -0.4 is 16.0 Å². The van der Waals surface area contributed by atoms with E-state index in [4.69, 9.17) is 11.6 Å². The molecule has 0 saturated heterocycles. The molecule has 112 valence electrons. The van der Waals surface area contributed by atoms with Gasteiger partial charge in [-0.15, -0.1) is 0 Å². The predicted octanol–water partition coefficient (Wildman–Crippen LogP) is 3.79. The summed E-state index contributed by atoms with van der Waals surface area (Å²) in [6.45, 7) is 1.89. The summed E-state index contributed by atoms with van der Waals surface area (Å²) in [6, 6.07) is 10.3. The molecule has 0 radical (unpaired) electrons. The van der Waals surface area contributed by atoms with Crippen LogP contribution in [-0.2, 0) is 11.2 Å². The first-order valence-corrected chi connectivity index (χ1v) is 7.16. The maximum Gasteiger partial charge on any atom is 0.323 e. The van der Waals surface area contributed by atoms with Crippen LogP contribution in [0.5, 0.6) is 0 Å². The van der Waals surface area contributed by atoms with E-state index in [-0.39, 0.29) is 11.9 Å². The minimum absolute atomic E-state index is 0.0362. The number of urea groups is 1. The highest BCUT2D eigenvalue weighted by Gasteiger charge is 2.17. The summed E-state index contributed by atoms with van der Waals surface area (Å²) in [5, 5.41) is 8.78. The number of rotatable bonds is 2. The van der Waals surface area contributed by atoms with Gasteiger partial charge in [0.15, 0.2) is 0 Å². The first-order chi connectivity index (χ1) is 10.5. The quantitative estimate of drug-likeness (QED) is 0.789. The van der Waals surface area contributed by atoms with Crippen molar-refractivity contribution in [2.24, 2.45) is 0 Å². The lowest BCUT2D eigenvalue weighted by molar-refractivity contribution is -0.115. The Kier molecular flexibility index (Phi) is 3.73. The maximum atomic E-state index is 12.0. The van der Waals surface area contributed by atoms with E-state index in [1.807, 2.05) is 19.1 Å². The zero-order valence-electron chi connectivity index (χ0n) is 11.9. The van der Waals surface area contributed by atoms with E-state index in [0.29, 0.717) is 22.8 Å². The minimum atomic E-state index is -0.371. The van der Waals surface area contributed by atoms with Gasteiger partial charge in [0.05, 0.1) is 6.42 Å². The fourth-order valence-electron chi connectivity index (χ4n) is 2.26. The zero-order valence-corrected chi connectivity index (χ0v) is 12.6. The second kappa shape index (κ2) is 5.69. The van der Waals surface area contributed by atoms with E-state index >= 15 is 0 Å². The number of hydrogen-bond donors (Lipinski definition) is 3. The molecule has 0 aromatic heterocycles. The number of hydrogen-bond acceptors (Lipinski definition) is 2. The van der Waals surface area contributed by atoms with Crippen molar-refractivity contribution in [3.8, 4) is 0 Å². The van der Waals surface area contributed by atoms with Gasteiger partial charge in [-0.05, 0) is 42.3 Å². The molecule has 1 aliphatic heterocycles. The highest BCUT2D eigenvalue weighted by atomic mass is 35.5. The number of carbonyl (C=O) groups is 2. The average Bonchev–Trinajstić information content (AvgIpc) is 2.82. The van der Waals surface area contributed by atoms with Gasteiger partial charge >= 0.3 is 6.03 Å². The highest BCUT2D eigenvalue weighted by Crippen LogP contribution is 2.26. The predicted molar refractivity (Wildman–Crippen MR) is 87.6 cm³/mol. The molecule has 2 aromatic carbocycles. The van der Waals surface area contributed by atoms with Gasteiger partial charge in [-0.2, -0.15) is 0 Å². The van der Waals surface area contributed by atoms with Gasteiger partial charge in [-0.1, -0.05) is 23.7 Å². The van der Waals surface area contributed by atoms with Crippen LogP contribution in [0.25, 0.3) is 0 Å². The number of carbonyl (C=O) groups excluding carboxylic acids is 2. The molecule has 2 aromatic rings. The third-order valence-corrected chi connectivity index (χ3v) is 3.83. The summed E-state index contributed by atoms with van der Waals surface area (Å²) >= 11 is 6.02. The van der Waals surface area contributed by atoms with Crippen LogP contribution in [0.1, 0.15) is 11.1 Å². The average molecular weight is 316 g/mol. The number of anilines is 3. The van der Waals surface area contributed by atoms with E-state index in [0.717, 1.165) is 16.8 Å². The van der Waals surface area contributed by atoms with E-state index in [1.54, 1.807) is 24.3 Å². The molecule has 0 atom stereocenters. The van der Waals surface area contributed by atoms with Gasteiger partial charge in [0.1, 0.15) is 0 Å².